The molecule has 0 aliphatic carbocycles. The van der Waals surface area contributed by atoms with E-state index in [0.717, 1.165) is 11.3 Å². The molecule has 1 saturated heterocycles. The second kappa shape index (κ2) is 5.47. The molecule has 1 fully saturated rings. The maximum Gasteiger partial charge on any atom is 0.252 e. The number of nitriles is 1. The lowest BCUT2D eigenvalue weighted by molar-refractivity contribution is 0.310. The molecule has 0 amide bonds. The summed E-state index contributed by atoms with van der Waals surface area (Å²) in [6, 6.07) is 3.64. The van der Waals surface area contributed by atoms with Crippen LogP contribution in [0.15, 0.2) is 14.1 Å². The average molecular weight is 370 g/mol. The Morgan fingerprint density at radius 1 is 1.50 bits per heavy atom. The van der Waals surface area contributed by atoms with Gasteiger partial charge in [0.2, 0.25) is 0 Å². The molecule has 0 unspecified atom stereocenters. The van der Waals surface area contributed by atoms with Gasteiger partial charge in [0.25, 0.3) is 10.0 Å². The molecule has 4 nitrogen and oxygen atoms in total. The molecule has 0 aromatic carbocycles. The summed E-state index contributed by atoms with van der Waals surface area (Å²) in [4.78, 5) is 0. The van der Waals surface area contributed by atoms with E-state index in [1.165, 1.54) is 10.4 Å². The molecule has 0 atom stereocenters. The Morgan fingerprint density at radius 3 is 2.56 bits per heavy atom. The van der Waals surface area contributed by atoms with Crippen molar-refractivity contribution in [2.45, 2.75) is 17.1 Å². The van der Waals surface area contributed by atoms with Crippen molar-refractivity contribution in [3.8, 4) is 6.07 Å². The Morgan fingerprint density at radius 2 is 2.11 bits per heavy atom. The van der Waals surface area contributed by atoms with E-state index in [9.17, 15) is 8.42 Å². The highest BCUT2D eigenvalue weighted by atomic mass is 79.9. The van der Waals surface area contributed by atoms with Crippen molar-refractivity contribution in [2.24, 2.45) is 5.92 Å². The quantitative estimate of drug-likeness (QED) is 0.805. The third kappa shape index (κ3) is 2.73. The zero-order valence-corrected chi connectivity index (χ0v) is 13.2. The first-order valence-corrected chi connectivity index (χ1v) is 8.72. The first-order chi connectivity index (χ1) is 8.45. The molecular formula is C10H10BrClN2O2S2. The van der Waals surface area contributed by atoms with Gasteiger partial charge >= 0.3 is 0 Å². The Balaban J connectivity index is 2.20. The molecule has 1 aliphatic rings. The molecular weight excluding hydrogens is 360 g/mol. The molecule has 0 spiro atoms. The summed E-state index contributed by atoms with van der Waals surface area (Å²) in [6.07, 6.45) is 1.19. The summed E-state index contributed by atoms with van der Waals surface area (Å²) in [5, 5.41) is 9.21. The topological polar surface area (TPSA) is 61.2 Å². The number of rotatable bonds is 2. The van der Waals surface area contributed by atoms with E-state index < -0.39 is 10.0 Å². The fraction of sp³-hybridized carbons (Fsp3) is 0.500. The minimum Gasteiger partial charge on any atom is -0.206 e. The number of hydrogen-bond donors (Lipinski definition) is 0. The van der Waals surface area contributed by atoms with E-state index in [4.69, 9.17) is 16.9 Å². The lowest BCUT2D eigenvalue weighted by atomic mass is 10.0. The highest BCUT2D eigenvalue weighted by Gasteiger charge is 2.31. The largest absolute Gasteiger partial charge is 0.252 e. The first kappa shape index (κ1) is 14.3. The van der Waals surface area contributed by atoms with Crippen LogP contribution in [-0.4, -0.2) is 25.8 Å². The molecule has 2 heterocycles. The maximum atomic E-state index is 12.3. The average Bonchev–Trinajstić information content (AvgIpc) is 2.70. The number of nitrogens with zero attached hydrogens (tertiary/aromatic N) is 2. The lowest BCUT2D eigenvalue weighted by Gasteiger charge is -2.27. The second-order valence-corrected chi connectivity index (χ2v) is 8.94. The van der Waals surface area contributed by atoms with Crippen molar-refractivity contribution in [1.82, 2.24) is 4.31 Å². The summed E-state index contributed by atoms with van der Waals surface area (Å²) in [5.41, 5.74) is 0. The highest BCUT2D eigenvalue weighted by molar-refractivity contribution is 9.11. The third-order valence-corrected chi connectivity index (χ3v) is 7.68. The van der Waals surface area contributed by atoms with Crippen LogP contribution in [0, 0.1) is 17.2 Å². The van der Waals surface area contributed by atoms with Gasteiger partial charge in [-0.1, -0.05) is 11.6 Å². The van der Waals surface area contributed by atoms with Gasteiger partial charge in [0.05, 0.1) is 14.9 Å². The van der Waals surface area contributed by atoms with Gasteiger partial charge in [-0.15, -0.1) is 11.3 Å². The molecule has 0 N–H and O–H groups in total. The molecule has 98 valence electrons. The van der Waals surface area contributed by atoms with Crippen LogP contribution in [0.4, 0.5) is 0 Å². The van der Waals surface area contributed by atoms with E-state index >= 15 is 0 Å². The number of thiophene rings is 1. The van der Waals surface area contributed by atoms with Gasteiger partial charge < -0.3 is 0 Å². The van der Waals surface area contributed by atoms with E-state index in [-0.39, 0.29) is 10.1 Å². The standard InChI is InChI=1S/C10H10BrClN2O2S2/c11-10-8(12)5-9(17-10)18(15,16)14-3-1-7(6-13)2-4-14/h5,7H,1-4H2. The smallest absolute Gasteiger partial charge is 0.206 e. The summed E-state index contributed by atoms with van der Waals surface area (Å²) in [6.45, 7) is 0.793. The van der Waals surface area contributed by atoms with Crippen LogP contribution >= 0.6 is 38.9 Å². The molecule has 0 saturated carbocycles. The minimum absolute atomic E-state index is 0.0323. The Labute approximate surface area is 123 Å². The van der Waals surface area contributed by atoms with Crippen molar-refractivity contribution in [2.75, 3.05) is 13.1 Å². The molecule has 8 heteroatoms. The molecule has 0 radical (unpaired) electrons. The van der Waals surface area contributed by atoms with Gasteiger partial charge in [0, 0.05) is 19.0 Å². The van der Waals surface area contributed by atoms with Crippen LogP contribution in [0.5, 0.6) is 0 Å². The van der Waals surface area contributed by atoms with Crippen LogP contribution in [0.1, 0.15) is 12.8 Å². The molecule has 0 bridgehead atoms. The van der Waals surface area contributed by atoms with E-state index in [1.807, 2.05) is 0 Å². The fourth-order valence-corrected chi connectivity index (χ4v) is 5.83. The van der Waals surface area contributed by atoms with E-state index in [2.05, 4.69) is 22.0 Å². The van der Waals surface area contributed by atoms with Crippen molar-refractivity contribution >= 4 is 48.9 Å². The van der Waals surface area contributed by atoms with Crippen LogP contribution in [0.3, 0.4) is 0 Å². The van der Waals surface area contributed by atoms with E-state index in [0.29, 0.717) is 34.7 Å². The van der Waals surface area contributed by atoms with Crippen molar-refractivity contribution in [1.29, 1.82) is 5.26 Å². The molecule has 18 heavy (non-hydrogen) atoms. The third-order valence-electron chi connectivity index (χ3n) is 2.85. The van der Waals surface area contributed by atoms with Crippen LogP contribution in [0.25, 0.3) is 0 Å². The second-order valence-electron chi connectivity index (χ2n) is 3.99. The van der Waals surface area contributed by atoms with Gasteiger partial charge in [-0.2, -0.15) is 9.57 Å². The summed E-state index contributed by atoms with van der Waals surface area (Å²) >= 11 is 10.2. The summed E-state index contributed by atoms with van der Waals surface area (Å²) in [5.74, 6) is -0.0323. The van der Waals surface area contributed by atoms with Gasteiger partial charge in [0.15, 0.2) is 0 Å². The van der Waals surface area contributed by atoms with Crippen molar-refractivity contribution in [3.05, 3.63) is 14.9 Å². The normalized spacial score (nSPS) is 18.7. The molecule has 1 aromatic rings. The van der Waals surface area contributed by atoms with Crippen LogP contribution in [0.2, 0.25) is 5.02 Å². The van der Waals surface area contributed by atoms with Crippen molar-refractivity contribution in [3.63, 3.8) is 0 Å². The minimum atomic E-state index is -3.47. The zero-order valence-electron chi connectivity index (χ0n) is 9.27. The molecule has 1 aromatic heterocycles. The first-order valence-electron chi connectivity index (χ1n) is 5.29. The number of sulfonamides is 1. The molecule has 2 rings (SSSR count). The summed E-state index contributed by atoms with van der Waals surface area (Å²) < 4.78 is 26.9. The zero-order chi connectivity index (χ0) is 13.3. The fourth-order valence-electron chi connectivity index (χ4n) is 1.81. The van der Waals surface area contributed by atoms with Crippen molar-refractivity contribution < 1.29 is 8.42 Å². The Hall–Kier alpha value is -0.130. The predicted molar refractivity (Wildman–Crippen MR) is 74.1 cm³/mol. The maximum absolute atomic E-state index is 12.3. The lowest BCUT2D eigenvalue weighted by Crippen LogP contribution is -2.37. The van der Waals surface area contributed by atoms with Gasteiger partial charge in [-0.25, -0.2) is 8.42 Å². The van der Waals surface area contributed by atoms with Gasteiger partial charge in [-0.3, -0.25) is 0 Å². The van der Waals surface area contributed by atoms with Crippen LogP contribution < -0.4 is 0 Å². The SMILES string of the molecule is N#CC1CCN(S(=O)(=O)c2cc(Cl)c(Br)s2)CC1. The Kier molecular flexibility index (Phi) is 4.34. The van der Waals surface area contributed by atoms with E-state index in [1.54, 1.807) is 0 Å². The monoisotopic (exact) mass is 368 g/mol. The summed E-state index contributed by atoms with van der Waals surface area (Å²) in [7, 11) is -3.47. The Bertz CT molecular complexity index is 566. The predicted octanol–water partition coefficient (Wildman–Crippen LogP) is 3.09. The number of hydrogen-bond acceptors (Lipinski definition) is 4. The van der Waals surface area contributed by atoms with Gasteiger partial charge in [-0.05, 0) is 34.8 Å². The highest BCUT2D eigenvalue weighted by Crippen LogP contribution is 2.36. The number of piperidine rings is 1. The molecule has 1 aliphatic heterocycles. The van der Waals surface area contributed by atoms with Crippen LogP contribution in [-0.2, 0) is 10.0 Å². The number of halogens is 2. The van der Waals surface area contributed by atoms with Gasteiger partial charge in [0.1, 0.15) is 4.21 Å².